The summed E-state index contributed by atoms with van der Waals surface area (Å²) in [5, 5.41) is 10.4. The number of aliphatic hydroxyl groups is 1. The summed E-state index contributed by atoms with van der Waals surface area (Å²) in [5.74, 6) is 0.723. The lowest BCUT2D eigenvalue weighted by atomic mass is 10.1. The van der Waals surface area contributed by atoms with Gasteiger partial charge in [-0.05, 0) is 36.1 Å². The monoisotopic (exact) mass is 459 g/mol. The maximum Gasteiger partial charge on any atom is 0.282 e. The van der Waals surface area contributed by atoms with Crippen LogP contribution in [0.15, 0.2) is 54.6 Å². The minimum atomic E-state index is -3.35. The number of piperidine rings is 1. The lowest BCUT2D eigenvalue weighted by molar-refractivity contribution is 0.0561. The fourth-order valence-electron chi connectivity index (χ4n) is 4.32. The van der Waals surface area contributed by atoms with Crippen LogP contribution in [0.4, 0.5) is 0 Å². The maximum atomic E-state index is 12.8. The molecule has 1 N–H and O–H groups in total. The van der Waals surface area contributed by atoms with E-state index in [0.29, 0.717) is 45.8 Å². The van der Waals surface area contributed by atoms with Gasteiger partial charge in [0.15, 0.2) is 0 Å². The first kappa shape index (κ1) is 23.2. The highest BCUT2D eigenvalue weighted by molar-refractivity contribution is 7.86. The molecular formula is C24H33N3O4S. The van der Waals surface area contributed by atoms with E-state index in [4.69, 9.17) is 4.74 Å². The molecular weight excluding hydrogens is 426 g/mol. The number of rotatable bonds is 8. The molecule has 2 fully saturated rings. The average Bonchev–Trinajstić information content (AvgIpc) is 2.84. The van der Waals surface area contributed by atoms with Gasteiger partial charge in [-0.3, -0.25) is 4.90 Å². The van der Waals surface area contributed by atoms with Crippen molar-refractivity contribution in [1.82, 2.24) is 13.5 Å². The van der Waals surface area contributed by atoms with Crippen molar-refractivity contribution < 1.29 is 18.3 Å². The van der Waals surface area contributed by atoms with Crippen LogP contribution in [0.5, 0.6) is 5.75 Å². The van der Waals surface area contributed by atoms with Gasteiger partial charge in [0.2, 0.25) is 0 Å². The normalized spacial score (nSPS) is 20.2. The van der Waals surface area contributed by atoms with Crippen molar-refractivity contribution in [1.29, 1.82) is 0 Å². The zero-order valence-corrected chi connectivity index (χ0v) is 19.3. The predicted molar refractivity (Wildman–Crippen MR) is 126 cm³/mol. The fraction of sp³-hybridized carbons (Fsp3) is 0.500. The molecule has 0 aliphatic carbocycles. The van der Waals surface area contributed by atoms with Crippen molar-refractivity contribution in [3.63, 3.8) is 0 Å². The van der Waals surface area contributed by atoms with E-state index in [1.54, 1.807) is 8.61 Å². The zero-order valence-electron chi connectivity index (χ0n) is 18.5. The van der Waals surface area contributed by atoms with Crippen LogP contribution in [0.2, 0.25) is 0 Å². The third-order valence-corrected chi connectivity index (χ3v) is 8.21. The Bertz CT molecular complexity index is 939. The zero-order chi connectivity index (χ0) is 22.4. The molecule has 174 valence electrons. The molecule has 2 aromatic carbocycles. The fourth-order valence-corrected chi connectivity index (χ4v) is 5.99. The highest BCUT2D eigenvalue weighted by atomic mass is 32.2. The summed E-state index contributed by atoms with van der Waals surface area (Å²) in [7, 11) is -3.35. The van der Waals surface area contributed by atoms with Crippen LogP contribution < -0.4 is 4.74 Å². The minimum absolute atomic E-state index is 0.205. The van der Waals surface area contributed by atoms with Gasteiger partial charge in [0.05, 0.1) is 0 Å². The maximum absolute atomic E-state index is 12.8. The Hall–Kier alpha value is -1.97. The van der Waals surface area contributed by atoms with E-state index in [2.05, 4.69) is 17.0 Å². The largest absolute Gasteiger partial charge is 0.491 e. The number of hydrogen-bond acceptors (Lipinski definition) is 5. The third-order valence-electron chi connectivity index (χ3n) is 6.17. The summed E-state index contributed by atoms with van der Waals surface area (Å²) in [6.07, 6.45) is 2.37. The standard InChI is InChI=1S/C24H33N3O4S/c28-23(20-31-24-11-9-22(10-12-24)21-7-3-1-4-8-21)19-25-15-17-27(18-16-25)32(29,30)26-13-5-2-6-14-26/h1,3-4,7-12,23,28H,2,5-6,13-20H2/t23-/m0/s1. The Balaban J connectivity index is 1.20. The van der Waals surface area contributed by atoms with Crippen molar-refractivity contribution >= 4 is 10.2 Å². The molecule has 2 aliphatic rings. The van der Waals surface area contributed by atoms with Crippen LogP contribution >= 0.6 is 0 Å². The second-order valence-corrected chi connectivity index (χ2v) is 10.5. The molecule has 2 saturated heterocycles. The van der Waals surface area contributed by atoms with E-state index < -0.39 is 16.3 Å². The average molecular weight is 460 g/mol. The molecule has 32 heavy (non-hydrogen) atoms. The van der Waals surface area contributed by atoms with E-state index in [-0.39, 0.29) is 6.61 Å². The number of ether oxygens (including phenoxy) is 1. The lowest BCUT2D eigenvalue weighted by Gasteiger charge is -2.38. The van der Waals surface area contributed by atoms with Crippen molar-refractivity contribution in [2.24, 2.45) is 0 Å². The van der Waals surface area contributed by atoms with Crippen LogP contribution in [0, 0.1) is 0 Å². The number of β-amino-alcohol motifs (C(OH)–C–C–N with tert-alkyl or cyclic N) is 1. The first-order valence-corrected chi connectivity index (χ1v) is 12.9. The number of hydrogen-bond donors (Lipinski definition) is 1. The number of aliphatic hydroxyl groups excluding tert-OH is 1. The molecule has 2 aromatic rings. The second-order valence-electron chi connectivity index (χ2n) is 8.52. The van der Waals surface area contributed by atoms with Gasteiger partial charge < -0.3 is 9.84 Å². The van der Waals surface area contributed by atoms with Crippen LogP contribution in [0.25, 0.3) is 11.1 Å². The Morgan fingerprint density at radius 3 is 2.03 bits per heavy atom. The van der Waals surface area contributed by atoms with Crippen molar-refractivity contribution in [2.45, 2.75) is 25.4 Å². The molecule has 0 unspecified atom stereocenters. The smallest absolute Gasteiger partial charge is 0.282 e. The molecule has 2 heterocycles. The topological polar surface area (TPSA) is 73.3 Å². The number of piperazine rings is 1. The van der Waals surface area contributed by atoms with Gasteiger partial charge in [-0.15, -0.1) is 0 Å². The van der Waals surface area contributed by atoms with Gasteiger partial charge in [-0.25, -0.2) is 0 Å². The van der Waals surface area contributed by atoms with E-state index in [1.807, 2.05) is 42.5 Å². The Morgan fingerprint density at radius 2 is 1.38 bits per heavy atom. The Morgan fingerprint density at radius 1 is 0.781 bits per heavy atom. The molecule has 0 aromatic heterocycles. The molecule has 0 saturated carbocycles. The third kappa shape index (κ3) is 5.88. The molecule has 4 rings (SSSR count). The van der Waals surface area contributed by atoms with Gasteiger partial charge in [-0.1, -0.05) is 48.9 Å². The summed E-state index contributed by atoms with van der Waals surface area (Å²) in [6, 6.07) is 18.0. The SMILES string of the molecule is O=S(=O)(N1CCCCC1)N1CCN(C[C@H](O)COc2ccc(-c3ccccc3)cc2)CC1. The van der Waals surface area contributed by atoms with E-state index in [9.17, 15) is 13.5 Å². The molecule has 8 heteroatoms. The lowest BCUT2D eigenvalue weighted by Crippen LogP contribution is -2.54. The van der Waals surface area contributed by atoms with E-state index in [0.717, 1.165) is 36.1 Å². The molecule has 0 amide bonds. The molecule has 1 atom stereocenters. The van der Waals surface area contributed by atoms with E-state index >= 15 is 0 Å². The highest BCUT2D eigenvalue weighted by Crippen LogP contribution is 2.22. The Kier molecular flexibility index (Phi) is 7.80. The van der Waals surface area contributed by atoms with E-state index in [1.165, 1.54) is 0 Å². The van der Waals surface area contributed by atoms with Gasteiger partial charge >= 0.3 is 0 Å². The summed E-state index contributed by atoms with van der Waals surface area (Å²) < 4.78 is 34.6. The van der Waals surface area contributed by atoms with Crippen molar-refractivity contribution in [3.8, 4) is 16.9 Å². The van der Waals surface area contributed by atoms with Crippen LogP contribution in [-0.4, -0.2) is 85.6 Å². The predicted octanol–water partition coefficient (Wildman–Crippen LogP) is 2.44. The first-order valence-electron chi connectivity index (χ1n) is 11.5. The molecule has 7 nitrogen and oxygen atoms in total. The van der Waals surface area contributed by atoms with Gasteiger partial charge in [-0.2, -0.15) is 17.0 Å². The number of benzene rings is 2. The first-order chi connectivity index (χ1) is 15.5. The van der Waals surface area contributed by atoms with Crippen LogP contribution in [-0.2, 0) is 10.2 Å². The van der Waals surface area contributed by atoms with Crippen LogP contribution in [0.3, 0.4) is 0 Å². The van der Waals surface area contributed by atoms with Gasteiger partial charge in [0, 0.05) is 45.8 Å². The van der Waals surface area contributed by atoms with Crippen molar-refractivity contribution in [3.05, 3.63) is 54.6 Å². The molecule has 0 radical (unpaired) electrons. The van der Waals surface area contributed by atoms with Crippen LogP contribution in [0.1, 0.15) is 19.3 Å². The second kappa shape index (κ2) is 10.8. The molecule has 2 aliphatic heterocycles. The summed E-state index contributed by atoms with van der Waals surface area (Å²) in [5.41, 5.74) is 2.27. The number of nitrogens with zero attached hydrogens (tertiary/aromatic N) is 3. The molecule has 0 bridgehead atoms. The van der Waals surface area contributed by atoms with Crippen molar-refractivity contribution in [2.75, 3.05) is 52.4 Å². The van der Waals surface area contributed by atoms with Gasteiger partial charge in [0.25, 0.3) is 10.2 Å². The quantitative estimate of drug-likeness (QED) is 0.657. The summed E-state index contributed by atoms with van der Waals surface area (Å²) in [6.45, 7) is 4.11. The Labute approximate surface area is 191 Å². The van der Waals surface area contributed by atoms with Gasteiger partial charge in [0.1, 0.15) is 18.5 Å². The highest BCUT2D eigenvalue weighted by Gasteiger charge is 2.33. The minimum Gasteiger partial charge on any atom is -0.491 e. The summed E-state index contributed by atoms with van der Waals surface area (Å²) >= 11 is 0. The molecule has 0 spiro atoms. The summed E-state index contributed by atoms with van der Waals surface area (Å²) in [4.78, 5) is 2.11.